The molecule has 1 fully saturated rings. The number of imide groups is 1. The molecule has 1 aromatic heterocycles. The SMILES string of the molecule is O=C1NC(=Cc2ccc(Sc3ccc(Cl)cc3)o2)C(=O)N1c1ccc(Cl)cc1. The molecule has 0 saturated carbocycles. The second-order valence-electron chi connectivity index (χ2n) is 5.82. The van der Waals surface area contributed by atoms with E-state index in [1.54, 1.807) is 48.5 Å². The topological polar surface area (TPSA) is 62.6 Å². The zero-order valence-corrected chi connectivity index (χ0v) is 16.5. The van der Waals surface area contributed by atoms with E-state index in [1.165, 1.54) is 17.8 Å². The lowest BCUT2D eigenvalue weighted by Crippen LogP contribution is -2.30. The zero-order valence-electron chi connectivity index (χ0n) is 14.2. The van der Waals surface area contributed by atoms with Crippen molar-refractivity contribution in [2.45, 2.75) is 9.99 Å². The van der Waals surface area contributed by atoms with Gasteiger partial charge in [0, 0.05) is 21.0 Å². The summed E-state index contributed by atoms with van der Waals surface area (Å²) in [7, 11) is 0. The fourth-order valence-corrected chi connectivity index (χ4v) is 3.62. The summed E-state index contributed by atoms with van der Waals surface area (Å²) in [6, 6.07) is 16.8. The van der Waals surface area contributed by atoms with E-state index in [-0.39, 0.29) is 5.70 Å². The Bertz CT molecular complexity index is 1080. The summed E-state index contributed by atoms with van der Waals surface area (Å²) < 4.78 is 5.73. The van der Waals surface area contributed by atoms with Crippen molar-refractivity contribution in [2.75, 3.05) is 4.90 Å². The second-order valence-corrected chi connectivity index (χ2v) is 7.77. The molecular formula is C20H12Cl2N2O3S. The molecule has 1 N–H and O–H groups in total. The van der Waals surface area contributed by atoms with Crippen molar-refractivity contribution >= 4 is 58.7 Å². The number of halogens is 2. The molecule has 0 bridgehead atoms. The number of hydrogen-bond acceptors (Lipinski definition) is 4. The van der Waals surface area contributed by atoms with Gasteiger partial charge in [0.25, 0.3) is 5.91 Å². The van der Waals surface area contributed by atoms with Crippen LogP contribution in [0.2, 0.25) is 10.0 Å². The van der Waals surface area contributed by atoms with E-state index < -0.39 is 11.9 Å². The van der Waals surface area contributed by atoms with Gasteiger partial charge < -0.3 is 9.73 Å². The van der Waals surface area contributed by atoms with Crippen LogP contribution in [0.25, 0.3) is 6.08 Å². The predicted molar refractivity (Wildman–Crippen MR) is 110 cm³/mol. The Morgan fingerprint density at radius 3 is 2.21 bits per heavy atom. The normalized spacial score (nSPS) is 15.4. The molecule has 2 heterocycles. The molecule has 3 amide bonds. The summed E-state index contributed by atoms with van der Waals surface area (Å²) in [5, 5.41) is 4.40. The van der Waals surface area contributed by atoms with Crippen LogP contribution in [0.15, 0.2) is 80.8 Å². The molecule has 4 rings (SSSR count). The van der Waals surface area contributed by atoms with Gasteiger partial charge in [0.05, 0.1) is 5.69 Å². The number of amides is 3. The fourth-order valence-electron chi connectivity index (χ4n) is 2.59. The number of nitrogens with zero attached hydrogens (tertiary/aromatic N) is 1. The number of furan rings is 1. The third-order valence-electron chi connectivity index (χ3n) is 3.88. The van der Waals surface area contributed by atoms with Gasteiger partial charge in [-0.1, -0.05) is 35.0 Å². The molecule has 8 heteroatoms. The first-order chi connectivity index (χ1) is 13.5. The minimum Gasteiger partial charge on any atom is -0.450 e. The molecule has 0 radical (unpaired) electrons. The van der Waals surface area contributed by atoms with Crippen LogP contribution in [0.3, 0.4) is 0 Å². The van der Waals surface area contributed by atoms with E-state index in [1.807, 2.05) is 12.1 Å². The van der Waals surface area contributed by atoms with Crippen molar-refractivity contribution in [1.29, 1.82) is 0 Å². The highest BCUT2D eigenvalue weighted by molar-refractivity contribution is 7.99. The fraction of sp³-hybridized carbons (Fsp3) is 0. The van der Waals surface area contributed by atoms with Crippen LogP contribution in [0.5, 0.6) is 0 Å². The summed E-state index contributed by atoms with van der Waals surface area (Å²) in [5.41, 5.74) is 0.575. The molecule has 0 aliphatic carbocycles. The van der Waals surface area contributed by atoms with Crippen LogP contribution in [0, 0.1) is 0 Å². The van der Waals surface area contributed by atoms with Gasteiger partial charge in [-0.15, -0.1) is 0 Å². The average Bonchev–Trinajstić information content (AvgIpc) is 3.22. The molecule has 0 unspecified atom stereocenters. The summed E-state index contributed by atoms with van der Waals surface area (Å²) in [6.45, 7) is 0. The lowest BCUT2D eigenvalue weighted by molar-refractivity contribution is -0.113. The van der Waals surface area contributed by atoms with Gasteiger partial charge in [-0.25, -0.2) is 9.69 Å². The highest BCUT2D eigenvalue weighted by Crippen LogP contribution is 2.31. The monoisotopic (exact) mass is 430 g/mol. The summed E-state index contributed by atoms with van der Waals surface area (Å²) in [4.78, 5) is 26.9. The Kier molecular flexibility index (Phi) is 5.17. The Morgan fingerprint density at radius 2 is 1.54 bits per heavy atom. The van der Waals surface area contributed by atoms with Crippen molar-refractivity contribution in [3.63, 3.8) is 0 Å². The third-order valence-corrected chi connectivity index (χ3v) is 5.32. The van der Waals surface area contributed by atoms with E-state index in [4.69, 9.17) is 27.6 Å². The zero-order chi connectivity index (χ0) is 19.7. The number of carbonyl (C=O) groups is 2. The van der Waals surface area contributed by atoms with Crippen LogP contribution in [0.4, 0.5) is 10.5 Å². The minimum atomic E-state index is -0.527. The first-order valence-corrected chi connectivity index (χ1v) is 9.73. The summed E-state index contributed by atoms with van der Waals surface area (Å²) in [6.07, 6.45) is 1.50. The van der Waals surface area contributed by atoms with Crippen molar-refractivity contribution in [3.8, 4) is 0 Å². The van der Waals surface area contributed by atoms with Gasteiger partial charge in [0.15, 0.2) is 5.09 Å². The number of benzene rings is 2. The maximum absolute atomic E-state index is 12.6. The van der Waals surface area contributed by atoms with Gasteiger partial charge in [-0.3, -0.25) is 4.79 Å². The van der Waals surface area contributed by atoms with E-state index >= 15 is 0 Å². The molecule has 1 aliphatic heterocycles. The minimum absolute atomic E-state index is 0.136. The highest BCUT2D eigenvalue weighted by Gasteiger charge is 2.35. The van der Waals surface area contributed by atoms with E-state index in [2.05, 4.69) is 5.32 Å². The first kappa shape index (κ1) is 18.7. The Morgan fingerprint density at radius 1 is 0.893 bits per heavy atom. The molecular weight excluding hydrogens is 419 g/mol. The smallest absolute Gasteiger partial charge is 0.333 e. The lowest BCUT2D eigenvalue weighted by atomic mass is 10.3. The van der Waals surface area contributed by atoms with Crippen LogP contribution in [-0.4, -0.2) is 11.9 Å². The summed E-state index contributed by atoms with van der Waals surface area (Å²) >= 11 is 13.2. The molecule has 1 aliphatic rings. The van der Waals surface area contributed by atoms with Crippen LogP contribution >= 0.6 is 35.0 Å². The Labute approximate surface area is 174 Å². The molecule has 1 saturated heterocycles. The molecule has 140 valence electrons. The maximum Gasteiger partial charge on any atom is 0.333 e. The van der Waals surface area contributed by atoms with Crippen LogP contribution in [0.1, 0.15) is 5.76 Å². The number of nitrogens with one attached hydrogen (secondary N) is 1. The Balaban J connectivity index is 1.52. The number of urea groups is 1. The van der Waals surface area contributed by atoms with Gasteiger partial charge in [-0.05, 0) is 60.7 Å². The van der Waals surface area contributed by atoms with Gasteiger partial charge >= 0.3 is 6.03 Å². The standard InChI is InChI=1S/C20H12Cl2N2O3S/c21-12-1-5-14(6-2-12)24-19(25)17(23-20(24)26)11-15-7-10-18(27-15)28-16-8-3-13(22)4-9-16/h1-11H,(H,23,26). The van der Waals surface area contributed by atoms with Crippen molar-refractivity contribution < 1.29 is 14.0 Å². The highest BCUT2D eigenvalue weighted by atomic mass is 35.5. The number of hydrogen-bond donors (Lipinski definition) is 1. The third kappa shape index (κ3) is 3.94. The van der Waals surface area contributed by atoms with Crippen molar-refractivity contribution in [1.82, 2.24) is 5.32 Å². The molecule has 0 spiro atoms. The van der Waals surface area contributed by atoms with E-state index in [0.29, 0.717) is 26.6 Å². The largest absolute Gasteiger partial charge is 0.450 e. The lowest BCUT2D eigenvalue weighted by Gasteiger charge is -2.11. The van der Waals surface area contributed by atoms with Gasteiger partial charge in [0.1, 0.15) is 11.5 Å². The summed E-state index contributed by atoms with van der Waals surface area (Å²) in [5.74, 6) is -0.00584. The van der Waals surface area contributed by atoms with Crippen LogP contribution in [-0.2, 0) is 4.79 Å². The quantitative estimate of drug-likeness (QED) is 0.417. The van der Waals surface area contributed by atoms with Crippen molar-refractivity contribution in [3.05, 3.63) is 82.2 Å². The van der Waals surface area contributed by atoms with Gasteiger partial charge in [0.2, 0.25) is 0 Å². The van der Waals surface area contributed by atoms with Crippen LogP contribution < -0.4 is 10.2 Å². The molecule has 3 aromatic rings. The second kappa shape index (κ2) is 7.75. The first-order valence-electron chi connectivity index (χ1n) is 8.15. The number of carbonyl (C=O) groups excluding carboxylic acids is 2. The maximum atomic E-state index is 12.6. The molecule has 2 aromatic carbocycles. The number of rotatable bonds is 4. The Hall–Kier alpha value is -2.67. The number of anilines is 1. The molecule has 0 atom stereocenters. The average molecular weight is 431 g/mol. The van der Waals surface area contributed by atoms with E-state index in [0.717, 1.165) is 9.80 Å². The van der Waals surface area contributed by atoms with Gasteiger partial charge in [-0.2, -0.15) is 0 Å². The van der Waals surface area contributed by atoms with Crippen molar-refractivity contribution in [2.24, 2.45) is 0 Å². The molecule has 28 heavy (non-hydrogen) atoms. The predicted octanol–water partition coefficient (Wildman–Crippen LogP) is 5.83. The van der Waals surface area contributed by atoms with E-state index in [9.17, 15) is 9.59 Å². The molecule has 5 nitrogen and oxygen atoms in total.